The summed E-state index contributed by atoms with van der Waals surface area (Å²) in [6.07, 6.45) is 0. The highest BCUT2D eigenvalue weighted by Crippen LogP contribution is 2.25. The van der Waals surface area contributed by atoms with Crippen molar-refractivity contribution in [2.24, 2.45) is 0 Å². The molecule has 2 aromatic carbocycles. The molecule has 94 valence electrons. The largest absolute Gasteiger partial charge is 0.456 e. The van der Waals surface area contributed by atoms with Crippen LogP contribution in [0.15, 0.2) is 57.7 Å². The lowest BCUT2D eigenvalue weighted by atomic mass is 10.0. The summed E-state index contributed by atoms with van der Waals surface area (Å²) in [5.74, 6) is 0.626. The second-order valence-corrected chi connectivity index (χ2v) is 4.79. The average molecular weight is 250 g/mol. The summed E-state index contributed by atoms with van der Waals surface area (Å²) in [5.41, 5.74) is 3.90. The molecule has 1 heterocycles. The van der Waals surface area contributed by atoms with Crippen LogP contribution in [0.5, 0.6) is 0 Å². The van der Waals surface area contributed by atoms with Gasteiger partial charge in [-0.25, -0.2) is 0 Å². The molecule has 0 bridgehead atoms. The van der Waals surface area contributed by atoms with Crippen LogP contribution in [-0.4, -0.2) is 0 Å². The lowest BCUT2D eigenvalue weighted by molar-refractivity contribution is 0.618. The van der Waals surface area contributed by atoms with Gasteiger partial charge in [0.2, 0.25) is 0 Å². The zero-order valence-corrected chi connectivity index (χ0v) is 10.9. The summed E-state index contributed by atoms with van der Waals surface area (Å²) in [6, 6.07) is 15.0. The molecule has 0 aliphatic rings. The summed E-state index contributed by atoms with van der Waals surface area (Å²) >= 11 is 0. The van der Waals surface area contributed by atoms with E-state index < -0.39 is 0 Å². The molecule has 0 aliphatic carbocycles. The zero-order valence-electron chi connectivity index (χ0n) is 10.9. The molecule has 0 unspecified atom stereocenters. The van der Waals surface area contributed by atoms with Crippen molar-refractivity contribution < 1.29 is 4.42 Å². The third kappa shape index (κ3) is 2.06. The van der Waals surface area contributed by atoms with Crippen molar-refractivity contribution in [2.75, 3.05) is 0 Å². The molecule has 0 amide bonds. The molecular formula is C17H14O2. The first kappa shape index (κ1) is 11.7. The van der Waals surface area contributed by atoms with E-state index in [0.717, 1.165) is 11.1 Å². The van der Waals surface area contributed by atoms with Crippen molar-refractivity contribution in [2.45, 2.75) is 13.8 Å². The van der Waals surface area contributed by atoms with E-state index in [9.17, 15) is 4.79 Å². The number of rotatable bonds is 1. The van der Waals surface area contributed by atoms with Gasteiger partial charge in [0.05, 0.1) is 5.39 Å². The van der Waals surface area contributed by atoms with Crippen LogP contribution in [0.1, 0.15) is 11.1 Å². The molecule has 0 aliphatic heterocycles. The first-order valence-electron chi connectivity index (χ1n) is 6.26. The van der Waals surface area contributed by atoms with Gasteiger partial charge in [0, 0.05) is 11.6 Å². The van der Waals surface area contributed by atoms with Gasteiger partial charge in [-0.15, -0.1) is 0 Å². The predicted octanol–water partition coefficient (Wildman–Crippen LogP) is 4.08. The van der Waals surface area contributed by atoms with Crippen LogP contribution in [0, 0.1) is 13.8 Å². The quantitative estimate of drug-likeness (QED) is 0.651. The number of aryl methyl sites for hydroxylation is 2. The first-order valence-corrected chi connectivity index (χ1v) is 6.26. The van der Waals surface area contributed by atoms with Crippen LogP contribution < -0.4 is 5.43 Å². The topological polar surface area (TPSA) is 30.2 Å². The van der Waals surface area contributed by atoms with Crippen LogP contribution in [0.25, 0.3) is 22.3 Å². The summed E-state index contributed by atoms with van der Waals surface area (Å²) in [5, 5.41) is 0.621. The lowest BCUT2D eigenvalue weighted by Crippen LogP contribution is -2.00. The summed E-state index contributed by atoms with van der Waals surface area (Å²) in [7, 11) is 0. The number of hydrogen-bond donors (Lipinski definition) is 0. The molecule has 0 saturated heterocycles. The normalized spacial score (nSPS) is 10.8. The molecule has 0 fully saturated rings. The molecule has 3 aromatic rings. The molecule has 0 spiro atoms. The second-order valence-electron chi connectivity index (χ2n) is 4.79. The number of hydrogen-bond acceptors (Lipinski definition) is 2. The molecule has 0 atom stereocenters. The fourth-order valence-corrected chi connectivity index (χ4v) is 2.33. The van der Waals surface area contributed by atoms with Crippen LogP contribution in [0.2, 0.25) is 0 Å². The molecule has 1 aromatic heterocycles. The van der Waals surface area contributed by atoms with Crippen molar-refractivity contribution in [3.63, 3.8) is 0 Å². The van der Waals surface area contributed by atoms with Gasteiger partial charge in [0.1, 0.15) is 11.3 Å². The highest BCUT2D eigenvalue weighted by Gasteiger charge is 2.08. The van der Waals surface area contributed by atoms with Crippen LogP contribution in [-0.2, 0) is 0 Å². The smallest absolute Gasteiger partial charge is 0.193 e. The Hall–Kier alpha value is -2.35. The monoisotopic (exact) mass is 250 g/mol. The Kier molecular flexibility index (Phi) is 2.71. The van der Waals surface area contributed by atoms with E-state index in [1.54, 1.807) is 12.1 Å². The lowest BCUT2D eigenvalue weighted by Gasteiger charge is -2.07. The highest BCUT2D eigenvalue weighted by atomic mass is 16.3. The van der Waals surface area contributed by atoms with Crippen molar-refractivity contribution in [1.82, 2.24) is 0 Å². The van der Waals surface area contributed by atoms with E-state index in [2.05, 4.69) is 6.07 Å². The minimum Gasteiger partial charge on any atom is -0.456 e. The van der Waals surface area contributed by atoms with E-state index in [4.69, 9.17) is 4.42 Å². The number of benzene rings is 2. The summed E-state index contributed by atoms with van der Waals surface area (Å²) in [6.45, 7) is 4.07. The maximum Gasteiger partial charge on any atom is 0.193 e. The number of para-hydroxylation sites is 1. The Morgan fingerprint density at radius 1 is 0.947 bits per heavy atom. The van der Waals surface area contributed by atoms with Gasteiger partial charge in [0.25, 0.3) is 0 Å². The minimum atomic E-state index is -0.00294. The fraction of sp³-hybridized carbons (Fsp3) is 0.118. The van der Waals surface area contributed by atoms with Gasteiger partial charge in [-0.2, -0.15) is 0 Å². The minimum absolute atomic E-state index is 0.00294. The first-order chi connectivity index (χ1) is 9.15. The van der Waals surface area contributed by atoms with Crippen LogP contribution >= 0.6 is 0 Å². The van der Waals surface area contributed by atoms with Gasteiger partial charge in [-0.3, -0.25) is 4.79 Å². The van der Waals surface area contributed by atoms with Gasteiger partial charge in [0.15, 0.2) is 5.43 Å². The Labute approximate surface area is 111 Å². The molecule has 19 heavy (non-hydrogen) atoms. The maximum atomic E-state index is 12.1. The average Bonchev–Trinajstić information content (AvgIpc) is 2.38. The predicted molar refractivity (Wildman–Crippen MR) is 77.4 cm³/mol. The summed E-state index contributed by atoms with van der Waals surface area (Å²) < 4.78 is 5.85. The molecule has 2 nitrogen and oxygen atoms in total. The summed E-state index contributed by atoms with van der Waals surface area (Å²) in [4.78, 5) is 12.1. The van der Waals surface area contributed by atoms with Gasteiger partial charge < -0.3 is 4.42 Å². The molecule has 3 rings (SSSR count). The Bertz CT molecular complexity index is 813. The number of fused-ring (bicyclic) bond motifs is 1. The molecular weight excluding hydrogens is 236 g/mol. The van der Waals surface area contributed by atoms with Crippen molar-refractivity contribution in [3.8, 4) is 11.3 Å². The standard InChI is InChI=1S/C17H14O2/c1-11-7-8-13(12(2)9-11)17-10-15(18)14-5-3-4-6-16(14)19-17/h3-10H,1-2H3. The Morgan fingerprint density at radius 3 is 2.53 bits per heavy atom. The SMILES string of the molecule is Cc1ccc(-c2cc(=O)c3ccccc3o2)c(C)c1. The van der Waals surface area contributed by atoms with Crippen LogP contribution in [0.3, 0.4) is 0 Å². The Morgan fingerprint density at radius 2 is 1.74 bits per heavy atom. The molecule has 2 heteroatoms. The van der Waals surface area contributed by atoms with Gasteiger partial charge in [-0.1, -0.05) is 35.9 Å². The molecule has 0 radical (unpaired) electrons. The molecule has 0 N–H and O–H groups in total. The Balaban J connectivity index is 2.28. The van der Waals surface area contributed by atoms with Crippen molar-refractivity contribution in [1.29, 1.82) is 0 Å². The van der Waals surface area contributed by atoms with E-state index in [1.807, 2.05) is 44.2 Å². The van der Waals surface area contributed by atoms with Gasteiger partial charge in [-0.05, 0) is 31.5 Å². The third-order valence-electron chi connectivity index (χ3n) is 3.28. The second kappa shape index (κ2) is 4.39. The third-order valence-corrected chi connectivity index (χ3v) is 3.28. The van der Waals surface area contributed by atoms with E-state index in [0.29, 0.717) is 16.7 Å². The van der Waals surface area contributed by atoms with Crippen LogP contribution in [0.4, 0.5) is 0 Å². The van der Waals surface area contributed by atoms with Crippen molar-refractivity contribution >= 4 is 11.0 Å². The molecule has 0 saturated carbocycles. The zero-order chi connectivity index (χ0) is 13.4. The van der Waals surface area contributed by atoms with E-state index in [1.165, 1.54) is 5.56 Å². The fourth-order valence-electron chi connectivity index (χ4n) is 2.33. The van der Waals surface area contributed by atoms with Gasteiger partial charge >= 0.3 is 0 Å². The van der Waals surface area contributed by atoms with E-state index in [-0.39, 0.29) is 5.43 Å². The highest BCUT2D eigenvalue weighted by molar-refractivity contribution is 5.78. The van der Waals surface area contributed by atoms with E-state index >= 15 is 0 Å². The van der Waals surface area contributed by atoms with Crippen molar-refractivity contribution in [3.05, 3.63) is 69.9 Å². The maximum absolute atomic E-state index is 12.1.